The minimum Gasteiger partial charge on any atom is -0.391 e. The Hall–Kier alpha value is -1.62. The SMILES string of the molecule is CN(c1ncccc1C(=N)N)C1CCCCC1O. The lowest BCUT2D eigenvalue weighted by atomic mass is 9.91. The van der Waals surface area contributed by atoms with E-state index in [-0.39, 0.29) is 18.0 Å². The highest BCUT2D eigenvalue weighted by Crippen LogP contribution is 2.27. The van der Waals surface area contributed by atoms with Crippen LogP contribution in [0.25, 0.3) is 0 Å². The summed E-state index contributed by atoms with van der Waals surface area (Å²) in [5, 5.41) is 17.7. The molecule has 1 heterocycles. The van der Waals surface area contributed by atoms with Crippen molar-refractivity contribution < 1.29 is 5.11 Å². The monoisotopic (exact) mass is 248 g/mol. The number of likely N-dealkylation sites (N-methyl/N-ethyl adjacent to an activating group) is 1. The number of anilines is 1. The molecule has 0 saturated heterocycles. The first kappa shape index (κ1) is 12.8. The predicted molar refractivity (Wildman–Crippen MR) is 71.9 cm³/mol. The number of hydrogen-bond donors (Lipinski definition) is 3. The van der Waals surface area contributed by atoms with Crippen molar-refractivity contribution >= 4 is 11.7 Å². The average Bonchev–Trinajstić information content (AvgIpc) is 2.38. The quantitative estimate of drug-likeness (QED) is 0.552. The van der Waals surface area contributed by atoms with Crippen molar-refractivity contribution in [3.05, 3.63) is 23.9 Å². The lowest BCUT2D eigenvalue weighted by Crippen LogP contribution is -2.44. The van der Waals surface area contributed by atoms with Crippen molar-refractivity contribution in [1.29, 1.82) is 5.41 Å². The number of nitrogens with one attached hydrogen (secondary N) is 1. The topological polar surface area (TPSA) is 86.2 Å². The average molecular weight is 248 g/mol. The molecule has 2 rings (SSSR count). The number of amidine groups is 1. The summed E-state index contributed by atoms with van der Waals surface area (Å²) in [5.74, 6) is 0.686. The molecule has 4 N–H and O–H groups in total. The molecule has 1 saturated carbocycles. The molecule has 1 aliphatic carbocycles. The summed E-state index contributed by atoms with van der Waals surface area (Å²) in [6.45, 7) is 0. The number of aliphatic hydroxyl groups is 1. The van der Waals surface area contributed by atoms with Crippen molar-refractivity contribution in [3.63, 3.8) is 0 Å². The first-order valence-corrected chi connectivity index (χ1v) is 6.31. The molecule has 1 fully saturated rings. The highest BCUT2D eigenvalue weighted by atomic mass is 16.3. The van der Waals surface area contributed by atoms with Crippen LogP contribution in [0.15, 0.2) is 18.3 Å². The van der Waals surface area contributed by atoms with Crippen molar-refractivity contribution in [2.24, 2.45) is 5.73 Å². The van der Waals surface area contributed by atoms with Crippen LogP contribution in [-0.2, 0) is 0 Å². The predicted octanol–water partition coefficient (Wildman–Crippen LogP) is 1.11. The Kier molecular flexibility index (Phi) is 3.81. The standard InChI is InChI=1S/C13H20N4O/c1-17(10-6-2-3-7-11(10)18)13-9(12(14)15)5-4-8-16-13/h4-5,8,10-11,18H,2-3,6-7H2,1H3,(H3,14,15). The molecular formula is C13H20N4O. The van der Waals surface area contributed by atoms with Crippen molar-refractivity contribution in [3.8, 4) is 0 Å². The smallest absolute Gasteiger partial charge is 0.139 e. The fraction of sp³-hybridized carbons (Fsp3) is 0.538. The first-order valence-electron chi connectivity index (χ1n) is 6.31. The van der Waals surface area contributed by atoms with Crippen LogP contribution in [0.1, 0.15) is 31.2 Å². The summed E-state index contributed by atoms with van der Waals surface area (Å²) in [5.41, 5.74) is 6.19. The Morgan fingerprint density at radius 3 is 2.89 bits per heavy atom. The summed E-state index contributed by atoms with van der Waals surface area (Å²) in [7, 11) is 1.91. The third-order valence-corrected chi connectivity index (χ3v) is 3.60. The number of nitrogens with two attached hydrogens (primary N) is 1. The van der Waals surface area contributed by atoms with E-state index in [9.17, 15) is 5.11 Å². The lowest BCUT2D eigenvalue weighted by Gasteiger charge is -2.36. The fourth-order valence-corrected chi connectivity index (χ4v) is 2.59. The van der Waals surface area contributed by atoms with E-state index in [2.05, 4.69) is 4.98 Å². The van der Waals surface area contributed by atoms with Gasteiger partial charge in [0.15, 0.2) is 0 Å². The van der Waals surface area contributed by atoms with Crippen LogP contribution in [0.2, 0.25) is 0 Å². The second kappa shape index (κ2) is 5.35. The molecule has 0 aromatic carbocycles. The highest BCUT2D eigenvalue weighted by molar-refractivity contribution is 5.99. The molecule has 0 amide bonds. The Morgan fingerprint density at radius 1 is 1.50 bits per heavy atom. The summed E-state index contributed by atoms with van der Waals surface area (Å²) in [6, 6.07) is 3.62. The molecule has 1 aromatic heterocycles. The van der Waals surface area contributed by atoms with Crippen LogP contribution in [0, 0.1) is 5.41 Å². The molecule has 1 aliphatic rings. The summed E-state index contributed by atoms with van der Waals surface area (Å²) in [6.07, 6.45) is 5.34. The van der Waals surface area contributed by atoms with Crippen LogP contribution in [0.5, 0.6) is 0 Å². The van der Waals surface area contributed by atoms with E-state index < -0.39 is 0 Å². The van der Waals surface area contributed by atoms with Crippen molar-refractivity contribution in [2.75, 3.05) is 11.9 Å². The Morgan fingerprint density at radius 2 is 2.22 bits per heavy atom. The van der Waals surface area contributed by atoms with Gasteiger partial charge in [0.2, 0.25) is 0 Å². The van der Waals surface area contributed by atoms with Gasteiger partial charge in [-0.1, -0.05) is 12.8 Å². The highest BCUT2D eigenvalue weighted by Gasteiger charge is 2.28. The first-order chi connectivity index (χ1) is 8.61. The van der Waals surface area contributed by atoms with E-state index in [0.29, 0.717) is 11.4 Å². The number of nitrogens with zero attached hydrogens (tertiary/aromatic N) is 2. The minimum atomic E-state index is -0.328. The molecule has 98 valence electrons. The molecule has 1 aromatic rings. The van der Waals surface area contributed by atoms with E-state index in [1.54, 1.807) is 18.3 Å². The molecule has 5 nitrogen and oxygen atoms in total. The molecule has 2 unspecified atom stereocenters. The van der Waals surface area contributed by atoms with Crippen LogP contribution in [0.3, 0.4) is 0 Å². The van der Waals surface area contributed by atoms with Crippen LogP contribution in [0.4, 0.5) is 5.82 Å². The largest absolute Gasteiger partial charge is 0.391 e. The van der Waals surface area contributed by atoms with Gasteiger partial charge in [-0.05, 0) is 25.0 Å². The molecular weight excluding hydrogens is 228 g/mol. The second-order valence-electron chi connectivity index (χ2n) is 4.82. The summed E-state index contributed by atoms with van der Waals surface area (Å²) in [4.78, 5) is 6.26. The zero-order valence-electron chi connectivity index (χ0n) is 10.6. The van der Waals surface area contributed by atoms with E-state index in [0.717, 1.165) is 25.7 Å². The summed E-state index contributed by atoms with van der Waals surface area (Å²) < 4.78 is 0. The zero-order valence-corrected chi connectivity index (χ0v) is 10.6. The van der Waals surface area contributed by atoms with Gasteiger partial charge >= 0.3 is 0 Å². The van der Waals surface area contributed by atoms with Gasteiger partial charge in [-0.25, -0.2) is 4.98 Å². The normalized spacial score (nSPS) is 23.7. The van der Waals surface area contributed by atoms with E-state index >= 15 is 0 Å². The maximum absolute atomic E-state index is 10.1. The van der Waals surface area contributed by atoms with Gasteiger partial charge in [0.25, 0.3) is 0 Å². The van der Waals surface area contributed by atoms with Gasteiger partial charge in [0.05, 0.1) is 17.7 Å². The van der Waals surface area contributed by atoms with Crippen LogP contribution < -0.4 is 10.6 Å². The van der Waals surface area contributed by atoms with E-state index in [4.69, 9.17) is 11.1 Å². The summed E-state index contributed by atoms with van der Waals surface area (Å²) >= 11 is 0. The zero-order chi connectivity index (χ0) is 13.1. The van der Waals surface area contributed by atoms with Gasteiger partial charge in [-0.2, -0.15) is 0 Å². The van der Waals surface area contributed by atoms with Crippen LogP contribution in [-0.4, -0.2) is 35.1 Å². The Balaban J connectivity index is 2.27. The third-order valence-electron chi connectivity index (χ3n) is 3.60. The number of rotatable bonds is 3. The minimum absolute atomic E-state index is 0.00949. The molecule has 18 heavy (non-hydrogen) atoms. The van der Waals surface area contributed by atoms with E-state index in [1.807, 2.05) is 11.9 Å². The third kappa shape index (κ3) is 2.46. The van der Waals surface area contributed by atoms with Gasteiger partial charge in [-0.3, -0.25) is 5.41 Å². The second-order valence-corrected chi connectivity index (χ2v) is 4.82. The van der Waals surface area contributed by atoms with Gasteiger partial charge in [0.1, 0.15) is 11.7 Å². The number of nitrogen functional groups attached to an aromatic ring is 1. The molecule has 0 spiro atoms. The number of aromatic nitrogens is 1. The van der Waals surface area contributed by atoms with Crippen molar-refractivity contribution in [1.82, 2.24) is 4.98 Å². The van der Waals surface area contributed by atoms with Gasteiger partial charge in [-0.15, -0.1) is 0 Å². The molecule has 5 heteroatoms. The fourth-order valence-electron chi connectivity index (χ4n) is 2.59. The van der Waals surface area contributed by atoms with Crippen molar-refractivity contribution in [2.45, 2.75) is 37.8 Å². The Labute approximate surface area is 107 Å². The molecule has 0 aliphatic heterocycles. The maximum atomic E-state index is 10.1. The molecule has 0 radical (unpaired) electrons. The molecule has 0 bridgehead atoms. The number of hydrogen-bond acceptors (Lipinski definition) is 4. The molecule has 2 atom stereocenters. The number of aliphatic hydroxyl groups excluding tert-OH is 1. The number of pyridine rings is 1. The lowest BCUT2D eigenvalue weighted by molar-refractivity contribution is 0.106. The van der Waals surface area contributed by atoms with E-state index in [1.165, 1.54) is 0 Å². The van der Waals surface area contributed by atoms with Gasteiger partial charge in [0, 0.05) is 13.2 Å². The van der Waals surface area contributed by atoms with Crippen LogP contribution >= 0.6 is 0 Å². The Bertz CT molecular complexity index is 435. The maximum Gasteiger partial charge on any atom is 0.139 e. The van der Waals surface area contributed by atoms with Gasteiger partial charge < -0.3 is 15.7 Å².